The van der Waals surface area contributed by atoms with E-state index >= 15 is 0 Å². The number of carbonyl (C=O) groups excluding carboxylic acids is 3. The van der Waals surface area contributed by atoms with Gasteiger partial charge in [-0.25, -0.2) is 9.59 Å². The first kappa shape index (κ1) is 21.0. The molecule has 2 atom stereocenters. The van der Waals surface area contributed by atoms with E-state index < -0.39 is 18.1 Å². The summed E-state index contributed by atoms with van der Waals surface area (Å²) in [6.07, 6.45) is -0.665. The Morgan fingerprint density at radius 2 is 1.58 bits per heavy atom. The number of thioether (sulfide) groups is 1. The van der Waals surface area contributed by atoms with E-state index in [1.807, 2.05) is 67.6 Å². The molecule has 2 heterocycles. The number of esters is 1. The Balaban J connectivity index is 1.35. The third kappa shape index (κ3) is 4.59. The van der Waals surface area contributed by atoms with E-state index in [0.29, 0.717) is 5.75 Å². The number of benzene rings is 2. The normalized spacial score (nSPS) is 19.9. The number of amides is 2. The lowest BCUT2D eigenvalue weighted by atomic mass is 10.0. The maximum Gasteiger partial charge on any atom is 0.408 e. The molecule has 2 unspecified atom stereocenters. The first-order chi connectivity index (χ1) is 15.0. The van der Waals surface area contributed by atoms with Crippen LogP contribution in [0.3, 0.4) is 0 Å². The van der Waals surface area contributed by atoms with Crippen molar-refractivity contribution >= 4 is 29.7 Å². The monoisotopic (exact) mass is 438 g/mol. The predicted octanol–water partition coefficient (Wildman–Crippen LogP) is 3.21. The number of nitrogens with zero attached hydrogens (tertiary/aromatic N) is 1. The number of alkyl carbamates (subject to hydrolysis) is 1. The first-order valence-electron chi connectivity index (χ1n) is 9.87. The number of β-lactam (4-membered cyclic amide) rings is 1. The summed E-state index contributed by atoms with van der Waals surface area (Å²) in [5.41, 5.74) is 2.76. The number of carbonyl (C=O) groups is 3. The average Bonchev–Trinajstić information content (AvgIpc) is 2.80. The molecule has 2 aliphatic heterocycles. The van der Waals surface area contributed by atoms with Gasteiger partial charge in [-0.15, -0.1) is 11.8 Å². The van der Waals surface area contributed by atoms with E-state index in [1.165, 1.54) is 16.7 Å². The lowest BCUT2D eigenvalue weighted by Crippen LogP contribution is -2.70. The molecule has 7 nitrogen and oxygen atoms in total. The summed E-state index contributed by atoms with van der Waals surface area (Å²) in [6.45, 7) is 2.06. The Labute approximate surface area is 184 Å². The Morgan fingerprint density at radius 3 is 2.19 bits per heavy atom. The molecule has 8 heteroatoms. The minimum absolute atomic E-state index is 0.116. The van der Waals surface area contributed by atoms with Crippen LogP contribution in [0.2, 0.25) is 0 Å². The number of hydrogen-bond donors (Lipinski definition) is 1. The van der Waals surface area contributed by atoms with E-state index in [1.54, 1.807) is 0 Å². The number of nitrogens with one attached hydrogen (secondary N) is 1. The number of rotatable bonds is 6. The van der Waals surface area contributed by atoms with Gasteiger partial charge in [0, 0.05) is 5.75 Å². The van der Waals surface area contributed by atoms with Crippen molar-refractivity contribution in [2.75, 3.05) is 5.75 Å². The van der Waals surface area contributed by atoms with Gasteiger partial charge in [-0.1, -0.05) is 60.7 Å². The number of fused-ring (bicyclic) bond motifs is 1. The molecule has 1 saturated heterocycles. The maximum atomic E-state index is 12.7. The summed E-state index contributed by atoms with van der Waals surface area (Å²) < 4.78 is 10.6. The molecule has 1 N–H and O–H groups in total. The van der Waals surface area contributed by atoms with Crippen molar-refractivity contribution in [3.8, 4) is 0 Å². The molecule has 0 bridgehead atoms. The Bertz CT molecular complexity index is 1010. The lowest BCUT2D eigenvalue weighted by molar-refractivity contribution is -0.152. The zero-order valence-corrected chi connectivity index (χ0v) is 17.8. The molecule has 0 aliphatic carbocycles. The Kier molecular flexibility index (Phi) is 6.27. The largest absolute Gasteiger partial charge is 0.456 e. The van der Waals surface area contributed by atoms with Crippen molar-refractivity contribution in [1.82, 2.24) is 10.2 Å². The number of ether oxygens (including phenoxy) is 2. The van der Waals surface area contributed by atoms with Gasteiger partial charge in [0.1, 0.15) is 30.3 Å². The van der Waals surface area contributed by atoms with Gasteiger partial charge in [0.25, 0.3) is 5.91 Å². The molecule has 0 radical (unpaired) electrons. The summed E-state index contributed by atoms with van der Waals surface area (Å²) in [5, 5.41) is 2.26. The van der Waals surface area contributed by atoms with E-state index in [-0.39, 0.29) is 30.2 Å². The Hall–Kier alpha value is -3.26. The fourth-order valence-electron chi connectivity index (χ4n) is 3.45. The van der Waals surface area contributed by atoms with Crippen molar-refractivity contribution in [3.63, 3.8) is 0 Å². The van der Waals surface area contributed by atoms with Gasteiger partial charge in [0.2, 0.25) is 0 Å². The van der Waals surface area contributed by atoms with Crippen molar-refractivity contribution in [3.05, 3.63) is 83.1 Å². The molecule has 0 aromatic heterocycles. The summed E-state index contributed by atoms with van der Waals surface area (Å²) in [7, 11) is 0. The fraction of sp³-hybridized carbons (Fsp3) is 0.261. The lowest BCUT2D eigenvalue weighted by Gasteiger charge is -2.49. The topological polar surface area (TPSA) is 84.9 Å². The van der Waals surface area contributed by atoms with Crippen molar-refractivity contribution in [2.24, 2.45) is 0 Å². The van der Waals surface area contributed by atoms with Gasteiger partial charge in [0.15, 0.2) is 0 Å². The van der Waals surface area contributed by atoms with Crippen LogP contribution >= 0.6 is 11.8 Å². The van der Waals surface area contributed by atoms with Crippen LogP contribution in [0.4, 0.5) is 4.79 Å². The fourth-order valence-corrected chi connectivity index (χ4v) is 4.74. The van der Waals surface area contributed by atoms with Gasteiger partial charge in [-0.05, 0) is 23.6 Å². The van der Waals surface area contributed by atoms with Gasteiger partial charge < -0.3 is 14.8 Å². The van der Waals surface area contributed by atoms with Gasteiger partial charge >= 0.3 is 12.1 Å². The zero-order valence-electron chi connectivity index (χ0n) is 16.9. The molecule has 1 fully saturated rings. The van der Waals surface area contributed by atoms with Crippen LogP contribution in [0.25, 0.3) is 0 Å². The summed E-state index contributed by atoms with van der Waals surface area (Å²) in [5.74, 6) is -0.313. The highest BCUT2D eigenvalue weighted by Crippen LogP contribution is 2.40. The molecule has 160 valence electrons. The van der Waals surface area contributed by atoms with Crippen LogP contribution < -0.4 is 5.32 Å². The van der Waals surface area contributed by atoms with Crippen LogP contribution in [0.15, 0.2) is 71.9 Å². The van der Waals surface area contributed by atoms with Crippen LogP contribution in [0, 0.1) is 0 Å². The third-order valence-electron chi connectivity index (χ3n) is 5.05. The molecule has 0 spiro atoms. The van der Waals surface area contributed by atoms with Crippen LogP contribution in [-0.4, -0.2) is 40.0 Å². The zero-order chi connectivity index (χ0) is 21.8. The summed E-state index contributed by atoms with van der Waals surface area (Å²) in [6, 6.07) is 17.9. The van der Waals surface area contributed by atoms with E-state index in [2.05, 4.69) is 5.32 Å². The predicted molar refractivity (Wildman–Crippen MR) is 116 cm³/mol. The quantitative estimate of drug-likeness (QED) is 0.551. The van der Waals surface area contributed by atoms with Crippen LogP contribution in [0.5, 0.6) is 0 Å². The second-order valence-corrected chi connectivity index (χ2v) is 8.39. The van der Waals surface area contributed by atoms with Gasteiger partial charge in [-0.2, -0.15) is 0 Å². The molecule has 0 saturated carbocycles. The third-order valence-corrected chi connectivity index (χ3v) is 6.48. The molecule has 2 aliphatic rings. The van der Waals surface area contributed by atoms with Crippen molar-refractivity contribution in [1.29, 1.82) is 0 Å². The van der Waals surface area contributed by atoms with Crippen LogP contribution in [0.1, 0.15) is 18.1 Å². The Morgan fingerprint density at radius 1 is 1.00 bits per heavy atom. The van der Waals surface area contributed by atoms with Crippen molar-refractivity contribution in [2.45, 2.75) is 31.6 Å². The molecular formula is C23H22N2O5S. The van der Waals surface area contributed by atoms with E-state index in [4.69, 9.17) is 9.47 Å². The smallest absolute Gasteiger partial charge is 0.408 e. The average molecular weight is 439 g/mol. The summed E-state index contributed by atoms with van der Waals surface area (Å²) in [4.78, 5) is 39.0. The minimum atomic E-state index is -0.738. The van der Waals surface area contributed by atoms with Gasteiger partial charge in [0.05, 0.1) is 0 Å². The van der Waals surface area contributed by atoms with Crippen LogP contribution in [-0.2, 0) is 32.3 Å². The number of hydrogen-bond acceptors (Lipinski definition) is 6. The van der Waals surface area contributed by atoms with E-state index in [0.717, 1.165) is 16.7 Å². The van der Waals surface area contributed by atoms with Crippen molar-refractivity contribution < 1.29 is 23.9 Å². The highest BCUT2D eigenvalue weighted by Gasteiger charge is 2.54. The standard InChI is InChI=1S/C23H22N2O5S/c1-15-14-31-21-18(24-23(28)30-13-17-10-6-3-7-11-17)20(26)25(21)19(15)22(27)29-12-16-8-4-2-5-9-16/h2-11,18,21H,12-14H2,1H3,(H,24,28). The van der Waals surface area contributed by atoms with Gasteiger partial charge in [-0.3, -0.25) is 9.69 Å². The highest BCUT2D eigenvalue weighted by atomic mass is 32.2. The molecular weight excluding hydrogens is 416 g/mol. The molecule has 2 aromatic rings. The highest BCUT2D eigenvalue weighted by molar-refractivity contribution is 8.00. The molecule has 31 heavy (non-hydrogen) atoms. The molecule has 2 amide bonds. The molecule has 4 rings (SSSR count). The summed E-state index contributed by atoms with van der Waals surface area (Å²) >= 11 is 1.49. The maximum absolute atomic E-state index is 12.7. The second kappa shape index (κ2) is 9.26. The molecule has 2 aromatic carbocycles. The minimum Gasteiger partial charge on any atom is -0.456 e. The second-order valence-electron chi connectivity index (χ2n) is 7.28. The van der Waals surface area contributed by atoms with E-state index in [9.17, 15) is 14.4 Å². The first-order valence-corrected chi connectivity index (χ1v) is 10.9. The SMILES string of the molecule is CC1=C(C(=O)OCc2ccccc2)N2C(=O)C(NC(=O)OCc3ccccc3)C2SC1.